The molecule has 1 N–H and O–H groups in total. The molecule has 0 bridgehead atoms. The Bertz CT molecular complexity index is 1110. The van der Waals surface area contributed by atoms with Crippen LogP contribution in [0.3, 0.4) is 0 Å². The van der Waals surface area contributed by atoms with Crippen molar-refractivity contribution in [3.8, 4) is 35.0 Å². The molecule has 3 rings (SSSR count). The molecule has 0 aliphatic carbocycles. The molecule has 1 amide bonds. The van der Waals surface area contributed by atoms with Crippen LogP contribution in [0.25, 0.3) is 0 Å². The molecule has 0 radical (unpaired) electrons. The lowest BCUT2D eigenvalue weighted by Crippen LogP contribution is -2.07. The highest BCUT2D eigenvalue weighted by atomic mass is 16.5. The minimum atomic E-state index is -0.313. The van der Waals surface area contributed by atoms with Gasteiger partial charge in [0.1, 0.15) is 17.2 Å². The number of hydrogen-bond donors (Lipinski definition) is 1. The molecule has 0 unspecified atom stereocenters. The summed E-state index contributed by atoms with van der Waals surface area (Å²) < 4.78 is 16.4. The zero-order valence-corrected chi connectivity index (χ0v) is 16.5. The van der Waals surface area contributed by atoms with E-state index in [1.54, 1.807) is 56.7 Å². The zero-order chi connectivity index (χ0) is 21.3. The molecule has 0 atom stereocenters. The van der Waals surface area contributed by atoms with Gasteiger partial charge in [0.05, 0.1) is 14.2 Å². The van der Waals surface area contributed by atoms with Gasteiger partial charge in [0.25, 0.3) is 5.88 Å². The Kier molecular flexibility index (Phi) is 6.64. The first-order valence-electron chi connectivity index (χ1n) is 8.88. The van der Waals surface area contributed by atoms with Crippen LogP contribution < -0.4 is 19.5 Å². The van der Waals surface area contributed by atoms with Gasteiger partial charge in [0, 0.05) is 35.8 Å². The van der Waals surface area contributed by atoms with E-state index in [2.05, 4.69) is 33.7 Å². The fourth-order valence-corrected chi connectivity index (χ4v) is 2.44. The maximum Gasteiger partial charge on any atom is 0.254 e. The first-order chi connectivity index (χ1) is 14.6. The van der Waals surface area contributed by atoms with E-state index in [0.717, 1.165) is 0 Å². The van der Waals surface area contributed by atoms with Crippen molar-refractivity contribution in [2.45, 2.75) is 0 Å². The van der Waals surface area contributed by atoms with Crippen molar-refractivity contribution in [1.82, 2.24) is 9.97 Å². The quantitative estimate of drug-likeness (QED) is 0.500. The van der Waals surface area contributed by atoms with Crippen molar-refractivity contribution >= 4 is 11.6 Å². The smallest absolute Gasteiger partial charge is 0.254 e. The van der Waals surface area contributed by atoms with Crippen LogP contribution >= 0.6 is 0 Å². The molecule has 0 saturated heterocycles. The highest BCUT2D eigenvalue weighted by Gasteiger charge is 2.07. The lowest BCUT2D eigenvalue weighted by molar-refractivity contribution is -0.111. The molecule has 0 spiro atoms. The van der Waals surface area contributed by atoms with Crippen LogP contribution in [0.4, 0.5) is 5.69 Å². The molecular weight excluding hydrogens is 382 g/mol. The van der Waals surface area contributed by atoms with Gasteiger partial charge in [0.15, 0.2) is 5.69 Å². The highest BCUT2D eigenvalue weighted by molar-refractivity contribution is 5.98. The van der Waals surface area contributed by atoms with Crippen molar-refractivity contribution in [3.63, 3.8) is 0 Å². The lowest BCUT2D eigenvalue weighted by Gasteiger charge is -2.08. The molecule has 150 valence electrons. The van der Waals surface area contributed by atoms with Crippen molar-refractivity contribution in [3.05, 3.63) is 78.8 Å². The van der Waals surface area contributed by atoms with Gasteiger partial charge >= 0.3 is 0 Å². The first-order valence-corrected chi connectivity index (χ1v) is 8.88. The van der Waals surface area contributed by atoms with E-state index >= 15 is 0 Å². The topological polar surface area (TPSA) is 82.6 Å². The SMILES string of the molecule is C=CC(=O)Nc1cccc(Oc2nccnc2C#Cc2cc(OC)cc(OC)c2)c1. The van der Waals surface area contributed by atoms with Crippen LogP contribution in [0.5, 0.6) is 23.1 Å². The molecule has 1 heterocycles. The number of amides is 1. The zero-order valence-electron chi connectivity index (χ0n) is 16.5. The summed E-state index contributed by atoms with van der Waals surface area (Å²) in [6.07, 6.45) is 4.24. The number of nitrogens with zero attached hydrogens (tertiary/aromatic N) is 2. The Labute approximate surface area is 174 Å². The largest absolute Gasteiger partial charge is 0.497 e. The van der Waals surface area contributed by atoms with Crippen LogP contribution in [0.1, 0.15) is 11.3 Å². The Balaban J connectivity index is 1.86. The number of carbonyl (C=O) groups is 1. The number of rotatable bonds is 6. The fraction of sp³-hybridized carbons (Fsp3) is 0.0870. The molecular formula is C23H19N3O4. The monoisotopic (exact) mass is 401 g/mol. The van der Waals surface area contributed by atoms with E-state index in [0.29, 0.717) is 34.2 Å². The number of anilines is 1. The van der Waals surface area contributed by atoms with Gasteiger partial charge in [-0.2, -0.15) is 0 Å². The Hall–Kier alpha value is -4.31. The maximum absolute atomic E-state index is 11.5. The number of methoxy groups -OCH3 is 2. The lowest BCUT2D eigenvalue weighted by atomic mass is 10.2. The van der Waals surface area contributed by atoms with E-state index in [1.807, 2.05) is 0 Å². The van der Waals surface area contributed by atoms with Crippen LogP contribution in [0.2, 0.25) is 0 Å². The van der Waals surface area contributed by atoms with Crippen molar-refractivity contribution in [2.24, 2.45) is 0 Å². The third-order valence-corrected chi connectivity index (χ3v) is 3.84. The second-order valence-electron chi connectivity index (χ2n) is 5.88. The molecule has 7 heteroatoms. The second-order valence-corrected chi connectivity index (χ2v) is 5.88. The molecule has 0 aliphatic heterocycles. The van der Waals surface area contributed by atoms with Crippen LogP contribution in [0, 0.1) is 11.8 Å². The van der Waals surface area contributed by atoms with E-state index in [4.69, 9.17) is 14.2 Å². The standard InChI is InChI=1S/C23H19N3O4/c1-4-22(27)26-17-6-5-7-18(14-17)30-23-21(24-10-11-25-23)9-8-16-12-19(28-2)15-20(13-16)29-3/h4-7,10-15H,1H2,2-3H3,(H,26,27). The van der Waals surface area contributed by atoms with Gasteiger partial charge in [-0.3, -0.25) is 4.79 Å². The summed E-state index contributed by atoms with van der Waals surface area (Å²) in [5.74, 6) is 7.66. The summed E-state index contributed by atoms with van der Waals surface area (Å²) in [6, 6.07) is 12.2. The summed E-state index contributed by atoms with van der Waals surface area (Å²) in [6.45, 7) is 3.43. The number of nitrogens with one attached hydrogen (secondary N) is 1. The van der Waals surface area contributed by atoms with Crippen LogP contribution in [0.15, 0.2) is 67.5 Å². The molecule has 7 nitrogen and oxygen atoms in total. The number of hydrogen-bond acceptors (Lipinski definition) is 6. The van der Waals surface area contributed by atoms with Gasteiger partial charge in [-0.05, 0) is 36.3 Å². The first kappa shape index (κ1) is 20.4. The number of benzene rings is 2. The van der Waals surface area contributed by atoms with Gasteiger partial charge in [-0.1, -0.05) is 18.6 Å². The summed E-state index contributed by atoms with van der Waals surface area (Å²) >= 11 is 0. The maximum atomic E-state index is 11.5. The van der Waals surface area contributed by atoms with Gasteiger partial charge < -0.3 is 19.5 Å². The van der Waals surface area contributed by atoms with Crippen molar-refractivity contribution < 1.29 is 19.0 Å². The molecule has 0 fully saturated rings. The average molecular weight is 401 g/mol. The summed E-state index contributed by atoms with van der Waals surface area (Å²) in [5, 5.41) is 2.68. The minimum absolute atomic E-state index is 0.243. The third-order valence-electron chi connectivity index (χ3n) is 3.84. The molecule has 1 aromatic heterocycles. The minimum Gasteiger partial charge on any atom is -0.497 e. The number of carbonyl (C=O) groups excluding carboxylic acids is 1. The Morgan fingerprint density at radius 1 is 1.00 bits per heavy atom. The van der Waals surface area contributed by atoms with Crippen LogP contribution in [-0.4, -0.2) is 30.1 Å². The van der Waals surface area contributed by atoms with Crippen LogP contribution in [-0.2, 0) is 4.79 Å². The van der Waals surface area contributed by atoms with E-state index in [9.17, 15) is 4.79 Å². The van der Waals surface area contributed by atoms with E-state index < -0.39 is 0 Å². The van der Waals surface area contributed by atoms with Gasteiger partial charge in [-0.25, -0.2) is 9.97 Å². The molecule has 30 heavy (non-hydrogen) atoms. The fourth-order valence-electron chi connectivity index (χ4n) is 2.44. The second kappa shape index (κ2) is 9.75. The van der Waals surface area contributed by atoms with Gasteiger partial charge in [0.2, 0.25) is 5.91 Å². The third kappa shape index (κ3) is 5.36. The summed E-state index contributed by atoms with van der Waals surface area (Å²) in [7, 11) is 3.15. The highest BCUT2D eigenvalue weighted by Crippen LogP contribution is 2.25. The Morgan fingerprint density at radius 3 is 2.43 bits per heavy atom. The summed E-state index contributed by atoms with van der Waals surface area (Å²) in [5.41, 5.74) is 1.62. The van der Waals surface area contributed by atoms with Crippen molar-refractivity contribution in [1.29, 1.82) is 0 Å². The predicted molar refractivity (Wildman–Crippen MR) is 113 cm³/mol. The molecule has 2 aromatic carbocycles. The summed E-state index contributed by atoms with van der Waals surface area (Å²) in [4.78, 5) is 20.0. The normalized spacial score (nSPS) is 9.67. The predicted octanol–water partition coefficient (Wildman–Crippen LogP) is 3.81. The van der Waals surface area contributed by atoms with E-state index in [-0.39, 0.29) is 11.8 Å². The number of aromatic nitrogens is 2. The molecule has 0 saturated carbocycles. The number of ether oxygens (including phenoxy) is 3. The van der Waals surface area contributed by atoms with Gasteiger partial charge in [-0.15, -0.1) is 0 Å². The molecule has 0 aliphatic rings. The molecule has 3 aromatic rings. The van der Waals surface area contributed by atoms with E-state index in [1.165, 1.54) is 18.5 Å². The van der Waals surface area contributed by atoms with Crippen molar-refractivity contribution in [2.75, 3.05) is 19.5 Å². The average Bonchev–Trinajstić information content (AvgIpc) is 2.78. The Morgan fingerprint density at radius 2 is 1.73 bits per heavy atom.